The van der Waals surface area contributed by atoms with Crippen LogP contribution in [0.4, 0.5) is 5.69 Å². The molecule has 1 aromatic heterocycles. The Kier molecular flexibility index (Phi) is 10.6. The van der Waals surface area contributed by atoms with Crippen molar-refractivity contribution >= 4 is 51.6 Å². The molecule has 0 radical (unpaired) electrons. The molecule has 0 bridgehead atoms. The zero-order chi connectivity index (χ0) is 29.9. The number of fused-ring (bicyclic) bond motifs is 1. The Bertz CT molecular complexity index is 1610. The SMILES string of the molecule is COc1cc2c(cc1C)n([O-])c(C)c(C(=O)CC(=NNC(=O)C[N+](C)(C)C)C(=O)Nc1cccc(Cl)c1C)[n+]2=O.[Cl-]. The minimum atomic E-state index is -0.851. The number of ketones is 1. The number of methoxy groups -OCH3 is 1. The van der Waals surface area contributed by atoms with Gasteiger partial charge < -0.3 is 36.9 Å². The van der Waals surface area contributed by atoms with Gasteiger partial charge in [0, 0.05) is 15.6 Å². The zero-order valence-corrected chi connectivity index (χ0v) is 25.3. The van der Waals surface area contributed by atoms with E-state index in [4.69, 9.17) is 16.3 Å². The van der Waals surface area contributed by atoms with Crippen LogP contribution in [0.5, 0.6) is 5.75 Å². The van der Waals surface area contributed by atoms with Crippen LogP contribution < -0.4 is 32.3 Å². The number of hydrogen-bond donors (Lipinski definition) is 2. The van der Waals surface area contributed by atoms with E-state index in [9.17, 15) is 24.5 Å². The predicted octanol–water partition coefficient (Wildman–Crippen LogP) is -0.117. The lowest BCUT2D eigenvalue weighted by atomic mass is 10.1. The van der Waals surface area contributed by atoms with Crippen LogP contribution in [0.3, 0.4) is 0 Å². The number of aromatic nitrogens is 2. The molecular formula is C27H32Cl2N6O6. The average molecular weight is 607 g/mol. The maximum absolute atomic E-state index is 13.5. The van der Waals surface area contributed by atoms with Gasteiger partial charge in [-0.2, -0.15) is 5.10 Å². The Morgan fingerprint density at radius 2 is 1.80 bits per heavy atom. The number of nitrogens with one attached hydrogen (secondary N) is 2. The van der Waals surface area contributed by atoms with E-state index in [2.05, 4.69) is 15.8 Å². The molecule has 0 unspecified atom stereocenters. The molecule has 0 aliphatic rings. The summed E-state index contributed by atoms with van der Waals surface area (Å²) in [5.41, 5.74) is 2.86. The van der Waals surface area contributed by atoms with Crippen LogP contribution in [-0.4, -0.2) is 67.3 Å². The van der Waals surface area contributed by atoms with E-state index in [1.54, 1.807) is 53.2 Å². The lowest BCUT2D eigenvalue weighted by molar-refractivity contribution is -0.862. The van der Waals surface area contributed by atoms with Gasteiger partial charge in [0.15, 0.2) is 6.54 Å². The maximum atomic E-state index is 13.5. The highest BCUT2D eigenvalue weighted by Crippen LogP contribution is 2.25. The largest absolute Gasteiger partial charge is 1.00 e. The summed E-state index contributed by atoms with van der Waals surface area (Å²) in [6.07, 6.45) is -0.687. The van der Waals surface area contributed by atoms with E-state index < -0.39 is 29.7 Å². The number of rotatable bonds is 9. The molecule has 220 valence electrons. The number of aryl methyl sites for hydroxylation is 1. The van der Waals surface area contributed by atoms with Crippen molar-refractivity contribution in [1.82, 2.24) is 10.2 Å². The molecule has 0 aliphatic carbocycles. The van der Waals surface area contributed by atoms with Gasteiger partial charge in [0.2, 0.25) is 5.78 Å². The third-order valence-corrected chi connectivity index (χ3v) is 6.49. The van der Waals surface area contributed by atoms with Crippen LogP contribution in [0.15, 0.2) is 35.4 Å². The van der Waals surface area contributed by atoms with Crippen molar-refractivity contribution in [2.45, 2.75) is 27.2 Å². The molecule has 2 amide bonds. The highest BCUT2D eigenvalue weighted by atomic mass is 35.5. The van der Waals surface area contributed by atoms with Crippen LogP contribution >= 0.6 is 11.6 Å². The smallest absolute Gasteiger partial charge is 0.325 e. The zero-order valence-electron chi connectivity index (χ0n) is 23.8. The standard InChI is InChI=1S/C27H31ClN6O6.ClH/c1-15-11-21-22(13-24(15)40-7)33(39)26(17(3)32(21)38)23(35)12-20(30-31-25(36)14-34(4,5)6)27(37)29-19-10-8-9-18(28)16(19)2;/h8-11,13H,12,14H2,1-7H3,(H-,29,31,36,37);1H. The summed E-state index contributed by atoms with van der Waals surface area (Å²) in [5.74, 6) is -1.79. The minimum absolute atomic E-state index is 0. The van der Waals surface area contributed by atoms with Gasteiger partial charge in [-0.3, -0.25) is 14.4 Å². The highest BCUT2D eigenvalue weighted by Gasteiger charge is 2.31. The molecule has 2 aromatic carbocycles. The van der Waals surface area contributed by atoms with Crippen LogP contribution in [0, 0.1) is 30.9 Å². The fourth-order valence-electron chi connectivity index (χ4n) is 4.01. The second-order valence-electron chi connectivity index (χ2n) is 10.3. The fourth-order valence-corrected chi connectivity index (χ4v) is 4.18. The van der Waals surface area contributed by atoms with Crippen LogP contribution in [0.25, 0.3) is 11.0 Å². The summed E-state index contributed by atoms with van der Waals surface area (Å²) in [6, 6.07) is 7.77. The number of benzene rings is 2. The third-order valence-electron chi connectivity index (χ3n) is 6.08. The van der Waals surface area contributed by atoms with Gasteiger partial charge in [-0.15, -0.1) is 0 Å². The van der Waals surface area contributed by atoms with Crippen molar-refractivity contribution in [3.63, 3.8) is 0 Å². The second-order valence-corrected chi connectivity index (χ2v) is 10.7. The maximum Gasteiger partial charge on any atom is 0.325 e. The summed E-state index contributed by atoms with van der Waals surface area (Å²) in [6.45, 7) is 4.80. The number of likely N-dealkylation sites (N-methyl/N-ethyl adjacent to an activating group) is 1. The van der Waals surface area contributed by atoms with Gasteiger partial charge in [-0.25, -0.2) is 5.43 Å². The number of hydrogen-bond acceptors (Lipinski definition) is 7. The Balaban J connectivity index is 0.00000588. The molecule has 0 spiro atoms. The van der Waals surface area contributed by atoms with Crippen molar-refractivity contribution in [2.24, 2.45) is 5.10 Å². The molecule has 12 nitrogen and oxygen atoms in total. The molecule has 0 atom stereocenters. The van der Waals surface area contributed by atoms with Crippen molar-refractivity contribution in [3.05, 3.63) is 68.0 Å². The molecule has 14 heteroatoms. The number of Topliss-reactive ketones (excluding diaryl/α,β-unsaturated/α-hetero) is 1. The lowest BCUT2D eigenvalue weighted by Crippen LogP contribution is -3.00. The van der Waals surface area contributed by atoms with E-state index in [1.165, 1.54) is 26.2 Å². The number of carbonyl (C=O) groups excluding carboxylic acids is 3. The summed E-state index contributed by atoms with van der Waals surface area (Å²) >= 11 is 6.16. The number of anilines is 1. The number of hydrazone groups is 1. The van der Waals surface area contributed by atoms with Gasteiger partial charge in [0.05, 0.1) is 50.9 Å². The Labute approximate surface area is 248 Å². The lowest BCUT2D eigenvalue weighted by Gasteiger charge is -2.22. The molecular weight excluding hydrogens is 575 g/mol. The van der Waals surface area contributed by atoms with E-state index in [0.29, 0.717) is 41.2 Å². The third kappa shape index (κ3) is 7.60. The van der Waals surface area contributed by atoms with E-state index in [-0.39, 0.29) is 41.4 Å². The summed E-state index contributed by atoms with van der Waals surface area (Å²) in [5, 5.41) is 20.0. The molecule has 0 saturated carbocycles. The fraction of sp³-hybridized carbons (Fsp3) is 0.333. The number of halogens is 2. The number of quaternary nitrogens is 1. The minimum Gasteiger partial charge on any atom is -1.00 e. The van der Waals surface area contributed by atoms with Gasteiger partial charge in [-0.1, -0.05) is 17.7 Å². The van der Waals surface area contributed by atoms with Crippen molar-refractivity contribution < 1.29 is 40.4 Å². The summed E-state index contributed by atoms with van der Waals surface area (Å²) < 4.78 is 6.39. The van der Waals surface area contributed by atoms with Gasteiger partial charge in [-0.05, 0) is 50.1 Å². The van der Waals surface area contributed by atoms with Gasteiger partial charge in [0.1, 0.15) is 17.0 Å². The first kappa shape index (κ1) is 33.2. The molecule has 0 aliphatic heterocycles. The molecule has 3 aromatic rings. The highest BCUT2D eigenvalue weighted by molar-refractivity contribution is 6.46. The van der Waals surface area contributed by atoms with E-state index >= 15 is 0 Å². The molecule has 1 heterocycles. The predicted molar refractivity (Wildman–Crippen MR) is 152 cm³/mol. The topological polar surface area (TPSA) is 148 Å². The molecule has 0 saturated heterocycles. The molecule has 0 fully saturated rings. The molecule has 3 rings (SSSR count). The molecule has 41 heavy (non-hydrogen) atoms. The summed E-state index contributed by atoms with van der Waals surface area (Å²) in [7, 11) is 6.82. The van der Waals surface area contributed by atoms with Crippen molar-refractivity contribution in [1.29, 1.82) is 0 Å². The first-order valence-electron chi connectivity index (χ1n) is 12.2. The number of nitrogens with zero attached hydrogens (tertiary/aromatic N) is 4. The van der Waals surface area contributed by atoms with Gasteiger partial charge >= 0.3 is 5.69 Å². The first-order chi connectivity index (χ1) is 18.6. The van der Waals surface area contributed by atoms with Crippen LogP contribution in [0.1, 0.15) is 33.7 Å². The van der Waals surface area contributed by atoms with E-state index in [0.717, 1.165) is 0 Å². The Morgan fingerprint density at radius 1 is 1.15 bits per heavy atom. The number of ether oxygens (including phenoxy) is 1. The van der Waals surface area contributed by atoms with E-state index in [1.807, 2.05) is 0 Å². The quantitative estimate of drug-likeness (QED) is 0.114. The second kappa shape index (κ2) is 13.1. The Morgan fingerprint density at radius 3 is 2.41 bits per heavy atom. The van der Waals surface area contributed by atoms with Crippen LogP contribution in [0.2, 0.25) is 5.02 Å². The summed E-state index contributed by atoms with van der Waals surface area (Å²) in [4.78, 5) is 52.5. The van der Waals surface area contributed by atoms with Crippen molar-refractivity contribution in [2.75, 3.05) is 40.1 Å². The monoisotopic (exact) mass is 606 g/mol. The number of amides is 2. The van der Waals surface area contributed by atoms with Crippen molar-refractivity contribution in [3.8, 4) is 5.75 Å². The Hall–Kier alpha value is -4.00. The number of carbonyl (C=O) groups is 3. The first-order valence-corrected chi connectivity index (χ1v) is 12.6. The van der Waals surface area contributed by atoms with Gasteiger partial charge in [0.25, 0.3) is 17.3 Å². The average Bonchev–Trinajstić information content (AvgIpc) is 2.86. The normalized spacial score (nSPS) is 11.6. The molecule has 2 N–H and O–H groups in total. The van der Waals surface area contributed by atoms with Crippen LogP contribution in [-0.2, 0) is 9.59 Å².